The summed E-state index contributed by atoms with van der Waals surface area (Å²) in [6.45, 7) is 3.90. The molecule has 0 aliphatic carbocycles. The van der Waals surface area contributed by atoms with Gasteiger partial charge in [0.15, 0.2) is 0 Å². The lowest BCUT2D eigenvalue weighted by Gasteiger charge is -2.22. The van der Waals surface area contributed by atoms with E-state index in [2.05, 4.69) is 4.98 Å². The summed E-state index contributed by atoms with van der Waals surface area (Å²) in [6, 6.07) is 3.34. The third-order valence-electron chi connectivity index (χ3n) is 2.14. The lowest BCUT2D eigenvalue weighted by atomic mass is 9.95. The van der Waals surface area contributed by atoms with Crippen LogP contribution in [0.3, 0.4) is 0 Å². The largest absolute Gasteiger partial charge is 0.391 e. The third-order valence-corrected chi connectivity index (χ3v) is 2.14. The van der Waals surface area contributed by atoms with Crippen LogP contribution in [-0.4, -0.2) is 16.2 Å². The van der Waals surface area contributed by atoms with E-state index in [0.717, 1.165) is 5.56 Å². The number of hydrogen-bond acceptors (Lipinski definition) is 3. The third kappa shape index (κ3) is 2.50. The van der Waals surface area contributed by atoms with E-state index in [1.165, 1.54) is 0 Å². The monoisotopic (exact) mass is 180 g/mol. The number of rotatable bonds is 3. The number of nitrogens with zero attached hydrogens (tertiary/aromatic N) is 1. The first kappa shape index (κ1) is 10.2. The molecule has 0 spiro atoms. The maximum absolute atomic E-state index is 9.70. The Balaban J connectivity index is 2.73. The van der Waals surface area contributed by atoms with Crippen molar-refractivity contribution in [3.63, 3.8) is 0 Å². The first-order valence-electron chi connectivity index (χ1n) is 4.46. The molecule has 72 valence electrons. The zero-order valence-corrected chi connectivity index (χ0v) is 8.01. The molecule has 3 nitrogen and oxygen atoms in total. The molecule has 13 heavy (non-hydrogen) atoms. The molecular formula is C10H16N2O. The molecule has 0 saturated heterocycles. The second kappa shape index (κ2) is 4.35. The van der Waals surface area contributed by atoms with Gasteiger partial charge in [0.25, 0.3) is 0 Å². The molecule has 0 radical (unpaired) electrons. The van der Waals surface area contributed by atoms with Gasteiger partial charge in [-0.1, -0.05) is 13.8 Å². The van der Waals surface area contributed by atoms with Gasteiger partial charge < -0.3 is 10.8 Å². The number of aliphatic hydroxyl groups excluding tert-OH is 1. The van der Waals surface area contributed by atoms with Gasteiger partial charge >= 0.3 is 0 Å². The van der Waals surface area contributed by atoms with Gasteiger partial charge in [0.2, 0.25) is 0 Å². The molecule has 1 aromatic rings. The van der Waals surface area contributed by atoms with Crippen LogP contribution in [-0.2, 0) is 0 Å². The molecule has 0 aliphatic rings. The summed E-state index contributed by atoms with van der Waals surface area (Å²) < 4.78 is 0. The number of pyridine rings is 1. The van der Waals surface area contributed by atoms with Crippen molar-refractivity contribution in [3.8, 4) is 0 Å². The van der Waals surface area contributed by atoms with Crippen LogP contribution in [0.25, 0.3) is 0 Å². The molecule has 1 heterocycles. The first-order valence-corrected chi connectivity index (χ1v) is 4.46. The smallest absolute Gasteiger partial charge is 0.0755 e. The van der Waals surface area contributed by atoms with Gasteiger partial charge in [0, 0.05) is 12.4 Å². The van der Waals surface area contributed by atoms with Crippen LogP contribution in [0.1, 0.15) is 25.5 Å². The molecule has 3 heteroatoms. The Morgan fingerprint density at radius 1 is 1.31 bits per heavy atom. The number of aliphatic hydroxyl groups is 1. The summed E-state index contributed by atoms with van der Waals surface area (Å²) in [5.41, 5.74) is 6.79. The Morgan fingerprint density at radius 3 is 2.31 bits per heavy atom. The van der Waals surface area contributed by atoms with Crippen molar-refractivity contribution in [2.45, 2.75) is 26.0 Å². The highest BCUT2D eigenvalue weighted by Gasteiger charge is 2.19. The maximum Gasteiger partial charge on any atom is 0.0755 e. The van der Waals surface area contributed by atoms with E-state index in [-0.39, 0.29) is 12.0 Å². The van der Waals surface area contributed by atoms with E-state index in [0.29, 0.717) is 0 Å². The molecule has 1 aromatic heterocycles. The van der Waals surface area contributed by atoms with Gasteiger partial charge in [0.05, 0.1) is 12.1 Å². The van der Waals surface area contributed by atoms with E-state index < -0.39 is 6.10 Å². The molecule has 0 fully saturated rings. The lowest BCUT2D eigenvalue weighted by molar-refractivity contribution is 0.0979. The van der Waals surface area contributed by atoms with Crippen molar-refractivity contribution in [2.75, 3.05) is 0 Å². The van der Waals surface area contributed by atoms with Gasteiger partial charge in [-0.3, -0.25) is 4.98 Å². The summed E-state index contributed by atoms with van der Waals surface area (Å²) in [6.07, 6.45) is 2.87. The van der Waals surface area contributed by atoms with Crippen molar-refractivity contribution >= 4 is 0 Å². The standard InChI is InChI=1S/C10H16N2O/c1-7(2)10(13)9(11)8-3-5-12-6-4-8/h3-7,9-10,13H,11H2,1-2H3. The lowest BCUT2D eigenvalue weighted by Crippen LogP contribution is -2.30. The number of aromatic nitrogens is 1. The van der Waals surface area contributed by atoms with Gasteiger partial charge in [0.1, 0.15) is 0 Å². The van der Waals surface area contributed by atoms with Gasteiger partial charge in [-0.05, 0) is 23.6 Å². The first-order chi connectivity index (χ1) is 6.13. The quantitative estimate of drug-likeness (QED) is 0.732. The minimum atomic E-state index is -0.498. The fourth-order valence-electron chi connectivity index (χ4n) is 1.20. The van der Waals surface area contributed by atoms with E-state index in [4.69, 9.17) is 5.73 Å². The Kier molecular flexibility index (Phi) is 3.39. The van der Waals surface area contributed by atoms with Gasteiger partial charge in [-0.2, -0.15) is 0 Å². The Hall–Kier alpha value is -0.930. The fraction of sp³-hybridized carbons (Fsp3) is 0.500. The van der Waals surface area contributed by atoms with Crippen molar-refractivity contribution in [2.24, 2.45) is 11.7 Å². The average molecular weight is 180 g/mol. The van der Waals surface area contributed by atoms with E-state index >= 15 is 0 Å². The summed E-state index contributed by atoms with van der Waals surface area (Å²) >= 11 is 0. The summed E-state index contributed by atoms with van der Waals surface area (Å²) in [4.78, 5) is 3.89. The van der Waals surface area contributed by atoms with Crippen LogP contribution >= 0.6 is 0 Å². The zero-order valence-electron chi connectivity index (χ0n) is 8.01. The average Bonchev–Trinajstić information content (AvgIpc) is 2.17. The molecule has 0 aromatic carbocycles. The van der Waals surface area contributed by atoms with Crippen molar-refractivity contribution in [3.05, 3.63) is 30.1 Å². The van der Waals surface area contributed by atoms with Crippen LogP contribution in [0.5, 0.6) is 0 Å². The summed E-state index contributed by atoms with van der Waals surface area (Å²) in [5.74, 6) is 0.170. The molecule has 0 aliphatic heterocycles. The predicted molar refractivity (Wildman–Crippen MR) is 52.0 cm³/mol. The minimum Gasteiger partial charge on any atom is -0.391 e. The summed E-state index contributed by atoms with van der Waals surface area (Å²) in [7, 11) is 0. The van der Waals surface area contributed by atoms with Crippen LogP contribution < -0.4 is 5.73 Å². The summed E-state index contributed by atoms with van der Waals surface area (Å²) in [5, 5.41) is 9.70. The van der Waals surface area contributed by atoms with Crippen LogP contribution in [0.2, 0.25) is 0 Å². The van der Waals surface area contributed by atoms with Crippen LogP contribution in [0, 0.1) is 5.92 Å². The predicted octanol–water partition coefficient (Wildman–Crippen LogP) is 1.10. The zero-order chi connectivity index (χ0) is 9.84. The van der Waals surface area contributed by atoms with E-state index in [1.54, 1.807) is 12.4 Å². The molecule has 1 rings (SSSR count). The molecule has 2 atom stereocenters. The SMILES string of the molecule is CC(C)C(O)C(N)c1ccncc1. The highest BCUT2D eigenvalue weighted by atomic mass is 16.3. The van der Waals surface area contributed by atoms with Crippen LogP contribution in [0.4, 0.5) is 0 Å². The van der Waals surface area contributed by atoms with Gasteiger partial charge in [-0.15, -0.1) is 0 Å². The second-order valence-corrected chi connectivity index (χ2v) is 3.54. The van der Waals surface area contributed by atoms with Crippen molar-refractivity contribution in [1.29, 1.82) is 0 Å². The topological polar surface area (TPSA) is 59.1 Å². The van der Waals surface area contributed by atoms with E-state index in [1.807, 2.05) is 26.0 Å². The van der Waals surface area contributed by atoms with Crippen LogP contribution in [0.15, 0.2) is 24.5 Å². The molecule has 0 amide bonds. The molecule has 0 bridgehead atoms. The molecule has 0 saturated carbocycles. The number of hydrogen-bond donors (Lipinski definition) is 2. The normalized spacial score (nSPS) is 15.8. The Labute approximate surface area is 78.6 Å². The minimum absolute atomic E-state index is 0.170. The molecular weight excluding hydrogens is 164 g/mol. The molecule has 3 N–H and O–H groups in total. The highest BCUT2D eigenvalue weighted by molar-refractivity contribution is 5.15. The van der Waals surface area contributed by atoms with Crippen molar-refractivity contribution < 1.29 is 5.11 Å². The van der Waals surface area contributed by atoms with Crippen molar-refractivity contribution in [1.82, 2.24) is 4.98 Å². The van der Waals surface area contributed by atoms with E-state index in [9.17, 15) is 5.11 Å². The molecule has 2 unspecified atom stereocenters. The highest BCUT2D eigenvalue weighted by Crippen LogP contribution is 2.18. The fourth-order valence-corrected chi connectivity index (χ4v) is 1.20. The number of nitrogens with two attached hydrogens (primary N) is 1. The maximum atomic E-state index is 9.70. The van der Waals surface area contributed by atoms with Gasteiger partial charge in [-0.25, -0.2) is 0 Å². The second-order valence-electron chi connectivity index (χ2n) is 3.54. The Morgan fingerprint density at radius 2 is 1.85 bits per heavy atom. The Bertz CT molecular complexity index is 248.